The van der Waals surface area contributed by atoms with Crippen LogP contribution in [0, 0.1) is 0 Å². The van der Waals surface area contributed by atoms with Gasteiger partial charge in [0.05, 0.1) is 6.54 Å². The van der Waals surface area contributed by atoms with Crippen LogP contribution in [0.4, 0.5) is 11.4 Å². The second-order valence-corrected chi connectivity index (χ2v) is 5.47. The molecule has 0 aliphatic carbocycles. The smallest absolute Gasteiger partial charge is 0.370 e. The Hall–Kier alpha value is -2.62. The molecule has 0 radical (unpaired) electrons. The zero-order valence-corrected chi connectivity index (χ0v) is 13.7. The van der Waals surface area contributed by atoms with Gasteiger partial charge in [0.1, 0.15) is 0 Å². The molecule has 8 nitrogen and oxygen atoms in total. The van der Waals surface area contributed by atoms with Crippen LogP contribution >= 0.6 is 0 Å². The van der Waals surface area contributed by atoms with Gasteiger partial charge in [-0.25, -0.2) is 0 Å². The molecule has 24 heavy (non-hydrogen) atoms. The van der Waals surface area contributed by atoms with Crippen LogP contribution in [-0.2, 0) is 10.4 Å². The van der Waals surface area contributed by atoms with Gasteiger partial charge in [-0.3, -0.25) is 14.1 Å². The van der Waals surface area contributed by atoms with E-state index in [2.05, 4.69) is 34.2 Å². The Morgan fingerprint density at radius 3 is 1.62 bits per heavy atom. The summed E-state index contributed by atoms with van der Waals surface area (Å²) >= 11 is 0. The Morgan fingerprint density at radius 2 is 1.29 bits per heavy atom. The molecule has 0 saturated heterocycles. The second kappa shape index (κ2) is 9.50. The van der Waals surface area contributed by atoms with Crippen LogP contribution in [0.1, 0.15) is 0 Å². The van der Waals surface area contributed by atoms with Crippen molar-refractivity contribution in [1.82, 2.24) is 0 Å². The molecule has 2 aromatic carbocycles. The van der Waals surface area contributed by atoms with E-state index in [1.807, 2.05) is 36.4 Å². The first-order chi connectivity index (χ1) is 11.3. The summed E-state index contributed by atoms with van der Waals surface area (Å²) in [4.78, 5) is 6.23. The van der Waals surface area contributed by atoms with Crippen LogP contribution in [0.2, 0.25) is 0 Å². The van der Waals surface area contributed by atoms with Crippen molar-refractivity contribution in [3.8, 4) is 0 Å². The summed E-state index contributed by atoms with van der Waals surface area (Å²) in [6.07, 6.45) is 0. The van der Waals surface area contributed by atoms with E-state index in [4.69, 9.17) is 29.0 Å². The van der Waals surface area contributed by atoms with Crippen molar-refractivity contribution < 1.29 is 17.5 Å². The largest absolute Gasteiger partial charge is 0.394 e. The van der Waals surface area contributed by atoms with E-state index < -0.39 is 10.4 Å². The summed E-state index contributed by atoms with van der Waals surface area (Å²) in [5.74, 6) is 0.126. The maximum atomic E-state index is 8.74. The molecule has 0 aliphatic rings. The molecule has 9 heteroatoms. The molecule has 0 bridgehead atoms. The normalized spacial score (nSPS) is 10.2. The highest BCUT2D eigenvalue weighted by Crippen LogP contribution is 2.24. The van der Waals surface area contributed by atoms with Gasteiger partial charge in [-0.15, -0.1) is 0 Å². The molecule has 0 amide bonds. The van der Waals surface area contributed by atoms with Crippen molar-refractivity contribution in [2.75, 3.05) is 18.0 Å². The van der Waals surface area contributed by atoms with E-state index in [9.17, 15) is 0 Å². The predicted molar refractivity (Wildman–Crippen MR) is 94.7 cm³/mol. The number of hydrogen-bond acceptors (Lipinski definition) is 4. The lowest BCUT2D eigenvalue weighted by molar-refractivity contribution is 0.381. The van der Waals surface area contributed by atoms with Gasteiger partial charge in [0.25, 0.3) is 0 Å². The van der Waals surface area contributed by atoms with Crippen LogP contribution in [0.15, 0.2) is 65.7 Å². The maximum absolute atomic E-state index is 8.74. The molecule has 2 aromatic rings. The third-order valence-corrected chi connectivity index (χ3v) is 2.75. The van der Waals surface area contributed by atoms with Crippen molar-refractivity contribution in [1.29, 1.82) is 0 Å². The van der Waals surface area contributed by atoms with Crippen molar-refractivity contribution in [2.24, 2.45) is 16.5 Å². The van der Waals surface area contributed by atoms with E-state index in [0.717, 1.165) is 17.9 Å². The number of aliphatic imine (C=N–C) groups is 1. The number of benzene rings is 2. The highest BCUT2D eigenvalue weighted by Gasteiger charge is 2.07. The van der Waals surface area contributed by atoms with Crippen LogP contribution in [0.5, 0.6) is 0 Å². The van der Waals surface area contributed by atoms with E-state index >= 15 is 0 Å². The monoisotopic (exact) mass is 352 g/mol. The molecular weight excluding hydrogens is 332 g/mol. The number of hydrogen-bond donors (Lipinski definition) is 4. The van der Waals surface area contributed by atoms with E-state index in [-0.39, 0.29) is 5.96 Å². The molecule has 0 heterocycles. The first-order valence-corrected chi connectivity index (χ1v) is 8.30. The topological polar surface area (TPSA) is 142 Å². The first kappa shape index (κ1) is 19.4. The van der Waals surface area contributed by atoms with Gasteiger partial charge < -0.3 is 16.4 Å². The second-order valence-electron chi connectivity index (χ2n) is 4.58. The van der Waals surface area contributed by atoms with Gasteiger partial charge in [-0.05, 0) is 24.3 Å². The SMILES string of the molecule is NC(N)=NCCN(c1ccccc1)c1ccccc1.O=S(=O)(O)O. The number of guanidine groups is 1. The van der Waals surface area contributed by atoms with E-state index in [0.29, 0.717) is 6.54 Å². The van der Waals surface area contributed by atoms with Gasteiger partial charge in [0, 0.05) is 17.9 Å². The van der Waals surface area contributed by atoms with Crippen LogP contribution in [0.3, 0.4) is 0 Å². The maximum Gasteiger partial charge on any atom is 0.394 e. The van der Waals surface area contributed by atoms with Gasteiger partial charge in [-0.2, -0.15) is 8.42 Å². The molecule has 6 N–H and O–H groups in total. The van der Waals surface area contributed by atoms with Crippen molar-refractivity contribution in [2.45, 2.75) is 0 Å². The average molecular weight is 352 g/mol. The van der Waals surface area contributed by atoms with Gasteiger partial charge in [0.2, 0.25) is 0 Å². The van der Waals surface area contributed by atoms with Crippen molar-refractivity contribution >= 4 is 27.7 Å². The average Bonchev–Trinajstić information content (AvgIpc) is 2.51. The quantitative estimate of drug-likeness (QED) is 0.362. The summed E-state index contributed by atoms with van der Waals surface area (Å²) in [6, 6.07) is 20.4. The number of anilines is 2. The Balaban J connectivity index is 0.000000505. The fraction of sp³-hybridized carbons (Fsp3) is 0.133. The molecule has 0 spiro atoms. The minimum absolute atomic E-state index is 0.126. The Kier molecular flexibility index (Phi) is 7.69. The lowest BCUT2D eigenvalue weighted by Crippen LogP contribution is -2.26. The minimum Gasteiger partial charge on any atom is -0.370 e. The summed E-state index contributed by atoms with van der Waals surface area (Å²) in [6.45, 7) is 1.29. The zero-order chi connectivity index (χ0) is 18.0. The fourth-order valence-corrected chi connectivity index (χ4v) is 1.90. The molecule has 130 valence electrons. The number of nitrogens with two attached hydrogens (primary N) is 2. The molecule has 0 atom stereocenters. The minimum atomic E-state index is -4.67. The number of para-hydroxylation sites is 2. The molecule has 2 rings (SSSR count). The third kappa shape index (κ3) is 8.73. The lowest BCUT2D eigenvalue weighted by Gasteiger charge is -2.24. The standard InChI is InChI=1S/C15H18N4.H2O4S/c16-15(17)18-11-12-19(13-7-3-1-4-8-13)14-9-5-2-6-10-14;1-5(2,3)4/h1-10H,11-12H2,(H4,16,17,18);(H2,1,2,3,4). The molecule has 0 aliphatic heterocycles. The van der Waals surface area contributed by atoms with Crippen molar-refractivity contribution in [3.05, 3.63) is 60.7 Å². The summed E-state index contributed by atoms with van der Waals surface area (Å²) in [7, 11) is -4.67. The van der Waals surface area contributed by atoms with Gasteiger partial charge >= 0.3 is 10.4 Å². The Bertz CT molecular complexity index is 685. The van der Waals surface area contributed by atoms with Crippen LogP contribution in [-0.4, -0.2) is 36.6 Å². The molecule has 0 saturated carbocycles. The first-order valence-electron chi connectivity index (χ1n) is 6.90. The van der Waals surface area contributed by atoms with E-state index in [1.165, 1.54) is 0 Å². The summed E-state index contributed by atoms with van der Waals surface area (Å²) in [5, 5.41) is 0. The molecule has 0 unspecified atom stereocenters. The highest BCUT2D eigenvalue weighted by molar-refractivity contribution is 7.79. The highest BCUT2D eigenvalue weighted by atomic mass is 32.3. The van der Waals surface area contributed by atoms with Crippen LogP contribution in [0.25, 0.3) is 0 Å². The number of rotatable bonds is 5. The van der Waals surface area contributed by atoms with Crippen LogP contribution < -0.4 is 16.4 Å². The Morgan fingerprint density at radius 1 is 0.917 bits per heavy atom. The molecule has 0 fully saturated rings. The lowest BCUT2D eigenvalue weighted by atomic mass is 10.2. The predicted octanol–water partition coefficient (Wildman–Crippen LogP) is 1.45. The number of nitrogens with zero attached hydrogens (tertiary/aromatic N) is 2. The van der Waals surface area contributed by atoms with Crippen molar-refractivity contribution in [3.63, 3.8) is 0 Å². The fourth-order valence-electron chi connectivity index (χ4n) is 1.90. The molecular formula is C15H20N4O4S. The van der Waals surface area contributed by atoms with E-state index in [1.54, 1.807) is 0 Å². The molecule has 0 aromatic heterocycles. The summed E-state index contributed by atoms with van der Waals surface area (Å²) in [5.41, 5.74) is 13.0. The third-order valence-electron chi connectivity index (χ3n) is 2.75. The Labute approximate surface area is 141 Å². The summed E-state index contributed by atoms with van der Waals surface area (Å²) < 4.78 is 31.6. The van der Waals surface area contributed by atoms with Gasteiger partial charge in [0.15, 0.2) is 5.96 Å². The van der Waals surface area contributed by atoms with Gasteiger partial charge in [-0.1, -0.05) is 36.4 Å². The zero-order valence-electron chi connectivity index (χ0n) is 12.9.